The van der Waals surface area contributed by atoms with Gasteiger partial charge in [0.15, 0.2) is 16.8 Å². The summed E-state index contributed by atoms with van der Waals surface area (Å²) >= 11 is 1.10. The first-order chi connectivity index (χ1) is 17.7. The van der Waals surface area contributed by atoms with Crippen LogP contribution in [0, 0.1) is 0 Å². The van der Waals surface area contributed by atoms with E-state index in [9.17, 15) is 31.9 Å². The molecule has 5 heterocycles. The second-order valence-corrected chi connectivity index (χ2v) is 10.9. The minimum atomic E-state index is -5.26. The fraction of sp³-hybridized carbons (Fsp3) is 0.522. The predicted molar refractivity (Wildman–Crippen MR) is 125 cm³/mol. The van der Waals surface area contributed by atoms with E-state index in [-0.39, 0.29) is 47.3 Å². The Labute approximate surface area is 216 Å². The van der Waals surface area contributed by atoms with Gasteiger partial charge in [-0.2, -0.15) is 4.98 Å². The zero-order valence-corrected chi connectivity index (χ0v) is 21.1. The maximum Gasteiger partial charge on any atom is 0.573 e. The minimum Gasteiger partial charge on any atom is -0.444 e. The third-order valence-electron chi connectivity index (χ3n) is 6.14. The highest BCUT2D eigenvalue weighted by Crippen LogP contribution is 2.46. The number of rotatable bonds is 5. The number of thiazole rings is 1. The standard InChI is InChI=1S/C23H23F5N4O5S/c1-22(2,3)37-21(34)32-10-6-11(32)9-31(8-10)20-30-14-16(35-20)13(19-29-4-5-38-19)7-12(15(33)18(24)25)17(14)36-23(26,27)28/h4-5,7,10-11,15,18,33H,6,8-9H2,1-3H3. The molecule has 3 fully saturated rings. The van der Waals surface area contributed by atoms with Gasteiger partial charge < -0.3 is 23.9 Å². The number of aliphatic hydroxyl groups is 1. The number of piperazine rings is 1. The smallest absolute Gasteiger partial charge is 0.444 e. The minimum absolute atomic E-state index is 0.0768. The lowest BCUT2D eigenvalue weighted by molar-refractivity contribution is -0.274. The van der Waals surface area contributed by atoms with Crippen LogP contribution in [0.25, 0.3) is 21.7 Å². The van der Waals surface area contributed by atoms with Crippen molar-refractivity contribution in [1.29, 1.82) is 0 Å². The molecule has 0 aliphatic carbocycles. The molecule has 206 valence electrons. The number of aromatic nitrogens is 2. The van der Waals surface area contributed by atoms with Crippen molar-refractivity contribution in [1.82, 2.24) is 14.9 Å². The Morgan fingerprint density at radius 3 is 2.47 bits per heavy atom. The van der Waals surface area contributed by atoms with Crippen LogP contribution in [0.3, 0.4) is 0 Å². The van der Waals surface area contributed by atoms with E-state index in [1.165, 1.54) is 6.20 Å². The molecule has 0 spiro atoms. The number of hydrogen-bond donors (Lipinski definition) is 1. The number of aliphatic hydroxyl groups excluding tert-OH is 1. The maximum atomic E-state index is 13.5. The molecule has 38 heavy (non-hydrogen) atoms. The molecule has 1 N–H and O–H groups in total. The molecule has 0 saturated carbocycles. The number of fused-ring (bicyclic) bond motifs is 3. The Kier molecular flexibility index (Phi) is 6.41. The molecule has 3 aliphatic heterocycles. The van der Waals surface area contributed by atoms with Gasteiger partial charge in [-0.15, -0.1) is 24.5 Å². The normalized spacial score (nSPS) is 20.6. The second-order valence-electron chi connectivity index (χ2n) is 10.0. The molecule has 3 aliphatic rings. The largest absolute Gasteiger partial charge is 0.573 e. The summed E-state index contributed by atoms with van der Waals surface area (Å²) in [7, 11) is 0. The van der Waals surface area contributed by atoms with Crippen LogP contribution in [0.4, 0.5) is 32.8 Å². The van der Waals surface area contributed by atoms with Crippen molar-refractivity contribution in [3.8, 4) is 16.3 Å². The SMILES string of the molecule is CC(C)(C)OC(=O)N1C2CC1CN(c1nc3c(OC(F)(F)F)c(C(O)C(F)F)cc(-c4nccs4)c3o1)C2. The first-order valence-electron chi connectivity index (χ1n) is 11.6. The van der Waals surface area contributed by atoms with E-state index < -0.39 is 47.4 Å². The highest BCUT2D eigenvalue weighted by atomic mass is 32.1. The van der Waals surface area contributed by atoms with Crippen molar-refractivity contribution < 1.29 is 45.7 Å². The number of anilines is 1. The Morgan fingerprint density at radius 2 is 1.92 bits per heavy atom. The van der Waals surface area contributed by atoms with Gasteiger partial charge in [0.25, 0.3) is 12.4 Å². The molecule has 15 heteroatoms. The lowest BCUT2D eigenvalue weighted by atomic mass is 9.88. The number of benzene rings is 1. The van der Waals surface area contributed by atoms with Crippen molar-refractivity contribution in [3.63, 3.8) is 0 Å². The fourth-order valence-corrected chi connectivity index (χ4v) is 5.33. The number of hydrogen-bond acceptors (Lipinski definition) is 9. The first kappa shape index (κ1) is 26.4. The van der Waals surface area contributed by atoms with Crippen molar-refractivity contribution in [2.24, 2.45) is 0 Å². The van der Waals surface area contributed by atoms with Gasteiger partial charge in [0, 0.05) is 30.2 Å². The summed E-state index contributed by atoms with van der Waals surface area (Å²) in [6.07, 6.45) is -9.57. The number of nitrogens with zero attached hydrogens (tertiary/aromatic N) is 4. The van der Waals surface area contributed by atoms with Crippen LogP contribution >= 0.6 is 11.3 Å². The molecule has 0 radical (unpaired) electrons. The third-order valence-corrected chi connectivity index (χ3v) is 6.95. The van der Waals surface area contributed by atoms with Gasteiger partial charge in [-0.25, -0.2) is 18.6 Å². The quantitative estimate of drug-likeness (QED) is 0.416. The maximum absolute atomic E-state index is 13.5. The molecular formula is C23H23F5N4O5S. The van der Waals surface area contributed by atoms with E-state index in [2.05, 4.69) is 14.7 Å². The molecule has 3 aromatic rings. The Hall–Kier alpha value is -3.20. The molecule has 1 aromatic carbocycles. The molecule has 2 bridgehead atoms. The van der Waals surface area contributed by atoms with Crippen LogP contribution in [-0.2, 0) is 4.74 Å². The molecule has 2 aromatic heterocycles. The van der Waals surface area contributed by atoms with Gasteiger partial charge in [0.2, 0.25) is 0 Å². The Balaban J connectivity index is 1.55. The molecule has 1 amide bonds. The summed E-state index contributed by atoms with van der Waals surface area (Å²) in [5.74, 6) is -1.08. The number of ether oxygens (including phenoxy) is 2. The number of amides is 1. The highest BCUT2D eigenvalue weighted by Gasteiger charge is 2.50. The Morgan fingerprint density at radius 1 is 1.24 bits per heavy atom. The van der Waals surface area contributed by atoms with Crippen LogP contribution in [-0.4, -0.2) is 69.6 Å². The second kappa shape index (κ2) is 9.22. The predicted octanol–water partition coefficient (Wildman–Crippen LogP) is 5.35. The average Bonchev–Trinajstić information content (AvgIpc) is 3.47. The lowest BCUT2D eigenvalue weighted by Gasteiger charge is -2.55. The number of alkyl halides is 5. The number of oxazole rings is 1. The zero-order valence-electron chi connectivity index (χ0n) is 20.3. The summed E-state index contributed by atoms with van der Waals surface area (Å²) in [6.45, 7) is 5.79. The fourth-order valence-electron chi connectivity index (χ4n) is 4.68. The van der Waals surface area contributed by atoms with Gasteiger partial charge in [0.05, 0.1) is 17.6 Å². The number of piperidine rings is 1. The van der Waals surface area contributed by atoms with Gasteiger partial charge in [-0.1, -0.05) is 0 Å². The number of halogens is 5. The van der Waals surface area contributed by atoms with Crippen LogP contribution in [0.15, 0.2) is 22.1 Å². The zero-order chi connectivity index (χ0) is 27.6. The van der Waals surface area contributed by atoms with Gasteiger partial charge in [0.1, 0.15) is 16.7 Å². The van der Waals surface area contributed by atoms with Gasteiger partial charge in [-0.3, -0.25) is 4.90 Å². The van der Waals surface area contributed by atoms with Crippen molar-refractivity contribution in [2.75, 3.05) is 18.0 Å². The molecule has 3 unspecified atom stereocenters. The summed E-state index contributed by atoms with van der Waals surface area (Å²) in [6, 6.07) is 0.400. The van der Waals surface area contributed by atoms with Crippen molar-refractivity contribution >= 4 is 34.5 Å². The van der Waals surface area contributed by atoms with E-state index >= 15 is 0 Å². The summed E-state index contributed by atoms with van der Waals surface area (Å²) in [5.41, 5.74) is -2.05. The van der Waals surface area contributed by atoms with E-state index in [4.69, 9.17) is 9.15 Å². The summed E-state index contributed by atoms with van der Waals surface area (Å²) in [4.78, 5) is 24.2. The Bertz CT molecular complexity index is 1330. The molecule has 6 rings (SSSR count). The third kappa shape index (κ3) is 4.96. The van der Waals surface area contributed by atoms with Crippen LogP contribution in [0.2, 0.25) is 0 Å². The summed E-state index contributed by atoms with van der Waals surface area (Å²) < 4.78 is 82.3. The van der Waals surface area contributed by atoms with Crippen molar-refractivity contribution in [2.45, 2.75) is 63.8 Å². The monoisotopic (exact) mass is 562 g/mol. The first-order valence-corrected chi connectivity index (χ1v) is 12.5. The topological polar surface area (TPSA) is 101 Å². The molecular weight excluding hydrogens is 539 g/mol. The van der Waals surface area contributed by atoms with Crippen LogP contribution in [0.1, 0.15) is 38.9 Å². The molecule has 9 nitrogen and oxygen atoms in total. The van der Waals surface area contributed by atoms with Crippen molar-refractivity contribution in [3.05, 3.63) is 23.2 Å². The molecule has 3 atom stereocenters. The molecule has 3 saturated heterocycles. The van der Waals surface area contributed by atoms with E-state index in [1.54, 1.807) is 36.0 Å². The van der Waals surface area contributed by atoms with Crippen LogP contribution in [0.5, 0.6) is 5.75 Å². The highest BCUT2D eigenvalue weighted by molar-refractivity contribution is 7.13. The van der Waals surface area contributed by atoms with E-state index in [1.807, 2.05) is 0 Å². The summed E-state index contributed by atoms with van der Waals surface area (Å²) in [5, 5.41) is 11.9. The van der Waals surface area contributed by atoms with Gasteiger partial charge >= 0.3 is 12.5 Å². The van der Waals surface area contributed by atoms with Gasteiger partial charge in [-0.05, 0) is 33.3 Å². The number of carbonyl (C=O) groups excluding carboxylic acids is 1. The van der Waals surface area contributed by atoms with E-state index in [0.717, 1.165) is 17.4 Å². The number of carbonyl (C=O) groups is 1. The lowest BCUT2D eigenvalue weighted by Crippen LogP contribution is -2.70. The average molecular weight is 563 g/mol. The van der Waals surface area contributed by atoms with E-state index in [0.29, 0.717) is 6.42 Å². The van der Waals surface area contributed by atoms with Crippen LogP contribution < -0.4 is 9.64 Å².